The molecule has 0 saturated carbocycles. The van der Waals surface area contributed by atoms with Crippen molar-refractivity contribution in [1.82, 2.24) is 5.32 Å². The molecule has 6 nitrogen and oxygen atoms in total. The van der Waals surface area contributed by atoms with Crippen LogP contribution in [0.1, 0.15) is 22.3 Å². The van der Waals surface area contributed by atoms with Crippen molar-refractivity contribution >= 4 is 64.4 Å². The Balaban J connectivity index is 1.73. The van der Waals surface area contributed by atoms with Crippen molar-refractivity contribution in [3.8, 4) is 5.75 Å². The summed E-state index contributed by atoms with van der Waals surface area (Å²) in [5.74, 6) is -1.41. The summed E-state index contributed by atoms with van der Waals surface area (Å²) in [6.45, 7) is 3.87. The van der Waals surface area contributed by atoms with Gasteiger partial charge < -0.3 is 4.74 Å². The van der Waals surface area contributed by atoms with E-state index in [9.17, 15) is 14.4 Å². The standard InChI is InChI=1S/C26H19Cl3N2O4/c1-14-7-8-19(9-15(14)2)31-25(33)20(24(32)30-26(31)34)11-17-10-18(27)12-22(29)23(17)35-13-16-5-3-4-6-21(16)28/h3-12H,13H2,1-2H3,(H,30,32,34)/b20-11+. The molecule has 4 rings (SSSR count). The zero-order chi connectivity index (χ0) is 25.3. The fraction of sp³-hybridized carbons (Fsp3) is 0.115. The third-order valence-electron chi connectivity index (χ3n) is 5.52. The Morgan fingerprint density at radius 3 is 2.37 bits per heavy atom. The number of benzene rings is 3. The Morgan fingerprint density at radius 2 is 1.66 bits per heavy atom. The molecule has 1 N–H and O–H groups in total. The predicted octanol–water partition coefficient (Wildman–Crippen LogP) is 6.51. The molecule has 3 aromatic carbocycles. The van der Waals surface area contributed by atoms with Crippen molar-refractivity contribution in [2.24, 2.45) is 0 Å². The molecule has 0 atom stereocenters. The fourth-order valence-electron chi connectivity index (χ4n) is 3.52. The number of rotatable bonds is 5. The van der Waals surface area contributed by atoms with Gasteiger partial charge in [0.1, 0.15) is 17.9 Å². The van der Waals surface area contributed by atoms with E-state index in [2.05, 4.69) is 5.32 Å². The predicted molar refractivity (Wildman–Crippen MR) is 137 cm³/mol. The van der Waals surface area contributed by atoms with E-state index < -0.39 is 17.8 Å². The zero-order valence-electron chi connectivity index (χ0n) is 18.7. The second-order valence-electron chi connectivity index (χ2n) is 7.91. The molecule has 1 saturated heterocycles. The summed E-state index contributed by atoms with van der Waals surface area (Å²) in [7, 11) is 0. The Morgan fingerprint density at radius 1 is 0.914 bits per heavy atom. The van der Waals surface area contributed by atoms with Crippen LogP contribution in [0.4, 0.5) is 10.5 Å². The lowest BCUT2D eigenvalue weighted by Gasteiger charge is -2.27. The second kappa shape index (κ2) is 10.1. The van der Waals surface area contributed by atoms with Crippen LogP contribution >= 0.6 is 34.8 Å². The van der Waals surface area contributed by atoms with Gasteiger partial charge in [-0.3, -0.25) is 14.9 Å². The Bertz CT molecular complexity index is 1400. The minimum absolute atomic E-state index is 0.0879. The number of barbiturate groups is 1. The molecule has 1 heterocycles. The maximum atomic E-state index is 13.3. The third-order valence-corrected chi connectivity index (χ3v) is 6.38. The highest BCUT2D eigenvalue weighted by Crippen LogP contribution is 2.36. The van der Waals surface area contributed by atoms with Gasteiger partial charge in [0.25, 0.3) is 11.8 Å². The van der Waals surface area contributed by atoms with E-state index in [1.165, 1.54) is 18.2 Å². The molecule has 1 aliphatic heterocycles. The maximum absolute atomic E-state index is 13.3. The van der Waals surface area contributed by atoms with Gasteiger partial charge in [-0.25, -0.2) is 9.69 Å². The topological polar surface area (TPSA) is 75.7 Å². The lowest BCUT2D eigenvalue weighted by molar-refractivity contribution is -0.122. The number of halogens is 3. The minimum Gasteiger partial charge on any atom is -0.487 e. The average molecular weight is 530 g/mol. The fourth-order valence-corrected chi connectivity index (χ4v) is 4.27. The second-order valence-corrected chi connectivity index (χ2v) is 9.16. The van der Waals surface area contributed by atoms with Crippen LogP contribution in [0.2, 0.25) is 15.1 Å². The quantitative estimate of drug-likeness (QED) is 0.302. The van der Waals surface area contributed by atoms with Gasteiger partial charge >= 0.3 is 6.03 Å². The first-order chi connectivity index (χ1) is 16.7. The molecule has 1 aliphatic rings. The summed E-state index contributed by atoms with van der Waals surface area (Å²) < 4.78 is 5.92. The molecule has 1 fully saturated rings. The molecule has 35 heavy (non-hydrogen) atoms. The molecule has 0 aromatic heterocycles. The molecule has 3 aromatic rings. The number of urea groups is 1. The highest BCUT2D eigenvalue weighted by molar-refractivity contribution is 6.40. The number of amides is 4. The summed E-state index contributed by atoms with van der Waals surface area (Å²) in [6, 6.07) is 14.5. The van der Waals surface area contributed by atoms with E-state index >= 15 is 0 Å². The van der Waals surface area contributed by atoms with Gasteiger partial charge in [-0.1, -0.05) is 59.1 Å². The number of carbonyl (C=O) groups excluding carboxylic acids is 3. The van der Waals surface area contributed by atoms with Crippen molar-refractivity contribution in [1.29, 1.82) is 0 Å². The number of hydrogen-bond acceptors (Lipinski definition) is 4. The number of imide groups is 2. The van der Waals surface area contributed by atoms with Gasteiger partial charge in [0.2, 0.25) is 0 Å². The van der Waals surface area contributed by atoms with Crippen molar-refractivity contribution in [2.75, 3.05) is 4.90 Å². The molecule has 9 heteroatoms. The number of nitrogens with one attached hydrogen (secondary N) is 1. The van der Waals surface area contributed by atoms with Crippen LogP contribution in [0.3, 0.4) is 0 Å². The number of nitrogens with zero attached hydrogens (tertiary/aromatic N) is 1. The first kappa shape index (κ1) is 24.8. The number of carbonyl (C=O) groups is 3. The van der Waals surface area contributed by atoms with Gasteiger partial charge in [-0.15, -0.1) is 0 Å². The first-order valence-corrected chi connectivity index (χ1v) is 11.6. The van der Waals surface area contributed by atoms with Crippen molar-refractivity contribution < 1.29 is 19.1 Å². The lowest BCUT2D eigenvalue weighted by atomic mass is 10.0. The molecule has 4 amide bonds. The average Bonchev–Trinajstić information content (AvgIpc) is 2.79. The summed E-state index contributed by atoms with van der Waals surface area (Å²) in [6.07, 6.45) is 1.30. The zero-order valence-corrected chi connectivity index (χ0v) is 21.0. The van der Waals surface area contributed by atoms with E-state index in [0.29, 0.717) is 16.3 Å². The molecule has 0 bridgehead atoms. The van der Waals surface area contributed by atoms with Crippen LogP contribution in [0.15, 0.2) is 60.2 Å². The largest absolute Gasteiger partial charge is 0.487 e. The van der Waals surface area contributed by atoms with E-state index in [4.69, 9.17) is 39.5 Å². The van der Waals surface area contributed by atoms with E-state index in [1.807, 2.05) is 19.9 Å². The third kappa shape index (κ3) is 5.20. The maximum Gasteiger partial charge on any atom is 0.335 e. The lowest BCUT2D eigenvalue weighted by Crippen LogP contribution is -2.54. The van der Waals surface area contributed by atoms with Gasteiger partial charge in [0.15, 0.2) is 0 Å². The summed E-state index contributed by atoms with van der Waals surface area (Å²) >= 11 is 18.8. The highest BCUT2D eigenvalue weighted by Gasteiger charge is 2.37. The van der Waals surface area contributed by atoms with Crippen LogP contribution < -0.4 is 15.0 Å². The van der Waals surface area contributed by atoms with Crippen molar-refractivity contribution in [3.05, 3.63) is 97.5 Å². The number of ether oxygens (including phenoxy) is 1. The monoisotopic (exact) mass is 528 g/mol. The molecular weight excluding hydrogens is 511 g/mol. The Labute approximate surface area is 217 Å². The minimum atomic E-state index is -0.840. The van der Waals surface area contributed by atoms with Crippen LogP contribution in [0.5, 0.6) is 5.75 Å². The van der Waals surface area contributed by atoms with Crippen molar-refractivity contribution in [2.45, 2.75) is 20.5 Å². The molecule has 0 unspecified atom stereocenters. The molecule has 0 radical (unpaired) electrons. The SMILES string of the molecule is Cc1ccc(N2C(=O)NC(=O)/C(=C\c3cc(Cl)cc(Cl)c3OCc3ccccc3Cl)C2=O)cc1C. The van der Waals surface area contributed by atoms with E-state index in [1.54, 1.807) is 36.4 Å². The molecule has 0 spiro atoms. The summed E-state index contributed by atoms with van der Waals surface area (Å²) in [5, 5.41) is 3.19. The number of aryl methyl sites for hydroxylation is 2. The normalized spacial score (nSPS) is 14.9. The summed E-state index contributed by atoms with van der Waals surface area (Å²) in [4.78, 5) is 39.4. The van der Waals surface area contributed by atoms with Gasteiger partial charge in [0.05, 0.1) is 10.7 Å². The van der Waals surface area contributed by atoms with E-state index in [-0.39, 0.29) is 28.0 Å². The van der Waals surface area contributed by atoms with Crippen LogP contribution in [0, 0.1) is 13.8 Å². The van der Waals surface area contributed by atoms with Gasteiger partial charge in [-0.05, 0) is 61.4 Å². The van der Waals surface area contributed by atoms with Crippen LogP contribution in [-0.4, -0.2) is 17.8 Å². The van der Waals surface area contributed by atoms with Crippen LogP contribution in [-0.2, 0) is 16.2 Å². The van der Waals surface area contributed by atoms with Gasteiger partial charge in [-0.2, -0.15) is 0 Å². The molecular formula is C26H19Cl3N2O4. The summed E-state index contributed by atoms with van der Waals surface area (Å²) in [5.41, 5.74) is 2.97. The molecule has 0 aliphatic carbocycles. The van der Waals surface area contributed by atoms with Gasteiger partial charge in [0, 0.05) is 21.2 Å². The smallest absolute Gasteiger partial charge is 0.335 e. The Kier molecular flexibility index (Phi) is 7.17. The first-order valence-electron chi connectivity index (χ1n) is 10.5. The van der Waals surface area contributed by atoms with Crippen molar-refractivity contribution in [3.63, 3.8) is 0 Å². The highest BCUT2D eigenvalue weighted by atomic mass is 35.5. The molecule has 178 valence electrons. The Hall–Kier alpha value is -3.32. The number of anilines is 1. The number of hydrogen-bond donors (Lipinski definition) is 1. The van der Waals surface area contributed by atoms with Crippen LogP contribution in [0.25, 0.3) is 6.08 Å². The van der Waals surface area contributed by atoms with E-state index in [0.717, 1.165) is 21.6 Å².